The lowest BCUT2D eigenvalue weighted by Crippen LogP contribution is -2.60. The summed E-state index contributed by atoms with van der Waals surface area (Å²) in [6, 6.07) is -1.19. The van der Waals surface area contributed by atoms with Gasteiger partial charge in [-0.25, -0.2) is 0 Å². The van der Waals surface area contributed by atoms with E-state index in [9.17, 15) is 40.5 Å². The number of hydrogen-bond acceptors (Lipinski definition) is 10. The van der Waals surface area contributed by atoms with Crippen LogP contribution in [-0.4, -0.2) is 110 Å². The van der Waals surface area contributed by atoms with E-state index in [2.05, 4.69) is 55.6 Å². The zero-order valence-electron chi connectivity index (χ0n) is 47.8. The summed E-state index contributed by atoms with van der Waals surface area (Å²) >= 11 is 0. The molecule has 1 aliphatic rings. The zero-order chi connectivity index (χ0) is 54.0. The summed E-state index contributed by atoms with van der Waals surface area (Å²) in [6.45, 7) is 3.47. The van der Waals surface area contributed by atoms with Crippen LogP contribution in [0.4, 0.5) is 0 Å². The lowest BCUT2D eigenvalue weighted by Gasteiger charge is -2.40. The molecular weight excluding hydrogens is 931 g/mol. The topological polar surface area (TPSA) is 189 Å². The number of unbranched alkanes of at least 4 members (excludes halogenated alkanes) is 36. The molecule has 1 amide bonds. The minimum absolute atomic E-state index is 0.247. The highest BCUT2D eigenvalue weighted by atomic mass is 16.7. The smallest absolute Gasteiger partial charge is 0.249 e. The Bertz CT molecular complexity index is 1300. The van der Waals surface area contributed by atoms with Gasteiger partial charge >= 0.3 is 0 Å². The quantitative estimate of drug-likeness (QED) is 0.0215. The van der Waals surface area contributed by atoms with Crippen molar-refractivity contribution in [1.82, 2.24) is 5.32 Å². The molecule has 0 aromatic carbocycles. The molecule has 1 heterocycles. The second kappa shape index (κ2) is 52.1. The summed E-state index contributed by atoms with van der Waals surface area (Å²) < 4.78 is 11.1. The number of aliphatic hydroxyl groups is 7. The summed E-state index contributed by atoms with van der Waals surface area (Å²) in [5.41, 5.74) is 0. The minimum atomic E-state index is -1.67. The summed E-state index contributed by atoms with van der Waals surface area (Å²) in [6.07, 6.45) is 53.5. The summed E-state index contributed by atoms with van der Waals surface area (Å²) in [5, 5.41) is 76.2. The molecule has 0 radical (unpaired) electrons. The predicted octanol–water partition coefficient (Wildman–Crippen LogP) is 13.9. The molecule has 0 bridgehead atoms. The van der Waals surface area contributed by atoms with Crippen molar-refractivity contribution in [3.8, 4) is 0 Å². The van der Waals surface area contributed by atoms with Gasteiger partial charge in [0.2, 0.25) is 5.91 Å². The van der Waals surface area contributed by atoms with Gasteiger partial charge in [-0.15, -0.1) is 0 Å². The van der Waals surface area contributed by atoms with E-state index in [4.69, 9.17) is 9.47 Å². The molecule has 0 saturated carbocycles. The maximum absolute atomic E-state index is 13.2. The molecule has 1 aliphatic heterocycles. The molecule has 8 N–H and O–H groups in total. The number of ether oxygens (including phenoxy) is 2. The molecule has 0 aromatic rings. The third kappa shape index (κ3) is 39.7. The van der Waals surface area contributed by atoms with Crippen molar-refractivity contribution in [3.05, 3.63) is 36.5 Å². The highest BCUT2D eigenvalue weighted by molar-refractivity contribution is 5.80. The van der Waals surface area contributed by atoms with Crippen LogP contribution in [0.2, 0.25) is 0 Å². The van der Waals surface area contributed by atoms with Crippen LogP contribution in [0.15, 0.2) is 36.5 Å². The Morgan fingerprint density at radius 3 is 1.20 bits per heavy atom. The SMILES string of the molecule is CCCCCCCCCCCCCC/C=C\CCCCCCCCCCCCC(O)C(=O)NC(COC1OC(CO)C(O)C(O)C1O)C(O)C(O)CCC/C=C/CC/C=C/CCCCCCCCCCCCCC. The predicted molar refractivity (Wildman–Crippen MR) is 307 cm³/mol. The maximum Gasteiger partial charge on any atom is 0.249 e. The van der Waals surface area contributed by atoms with Gasteiger partial charge in [0.05, 0.1) is 25.4 Å². The fourth-order valence-electron chi connectivity index (χ4n) is 10.0. The van der Waals surface area contributed by atoms with Gasteiger partial charge in [-0.05, 0) is 77.0 Å². The average Bonchev–Trinajstić information content (AvgIpc) is 3.40. The second-order valence-corrected chi connectivity index (χ2v) is 22.1. The fourth-order valence-corrected chi connectivity index (χ4v) is 10.0. The molecule has 9 unspecified atom stereocenters. The molecule has 0 aromatic heterocycles. The average molecular weight is 1050 g/mol. The van der Waals surface area contributed by atoms with Crippen LogP contribution in [0.5, 0.6) is 0 Å². The number of nitrogens with one attached hydrogen (secondary N) is 1. The minimum Gasteiger partial charge on any atom is -0.394 e. The van der Waals surface area contributed by atoms with E-state index in [0.717, 1.165) is 38.5 Å². The Kier molecular flexibility index (Phi) is 49.5. The van der Waals surface area contributed by atoms with Crippen LogP contribution >= 0.6 is 0 Å². The molecule has 74 heavy (non-hydrogen) atoms. The molecule has 436 valence electrons. The van der Waals surface area contributed by atoms with E-state index < -0.39 is 74.2 Å². The molecule has 1 rings (SSSR count). The van der Waals surface area contributed by atoms with E-state index in [-0.39, 0.29) is 12.8 Å². The van der Waals surface area contributed by atoms with Crippen LogP contribution in [0.3, 0.4) is 0 Å². The number of allylic oxidation sites excluding steroid dienone is 6. The highest BCUT2D eigenvalue weighted by Crippen LogP contribution is 2.23. The molecule has 9 atom stereocenters. The van der Waals surface area contributed by atoms with Crippen molar-refractivity contribution in [2.45, 2.75) is 345 Å². The standard InChI is InChI=1S/C63H119NO10/c1-3-5-7-9-11-13-15-17-19-21-23-25-26-27-28-29-31-33-35-37-39-41-43-45-47-49-51-56(67)62(72)64-54(53-73-63-61(71)60(70)59(69)57(52-65)74-63)58(68)55(66)50-48-46-44-42-40-38-36-34-32-30-24-22-20-18-16-14-12-10-8-6-4-2/h27-28,34,36,42,44,54-61,63,65-71H,3-26,29-33,35,37-41,43,45-53H2,1-2H3,(H,64,72)/b28-27-,36-34+,44-42+. The Labute approximate surface area is 454 Å². The van der Waals surface area contributed by atoms with Gasteiger partial charge in [-0.2, -0.15) is 0 Å². The second-order valence-electron chi connectivity index (χ2n) is 22.1. The Hall–Kier alpha value is -1.67. The lowest BCUT2D eigenvalue weighted by molar-refractivity contribution is -0.303. The van der Waals surface area contributed by atoms with Crippen molar-refractivity contribution in [2.75, 3.05) is 13.2 Å². The first-order valence-electron chi connectivity index (χ1n) is 31.4. The van der Waals surface area contributed by atoms with E-state index in [1.54, 1.807) is 0 Å². The van der Waals surface area contributed by atoms with Crippen LogP contribution in [-0.2, 0) is 14.3 Å². The van der Waals surface area contributed by atoms with Gasteiger partial charge < -0.3 is 50.5 Å². The van der Waals surface area contributed by atoms with Crippen LogP contribution < -0.4 is 5.32 Å². The van der Waals surface area contributed by atoms with Crippen molar-refractivity contribution in [3.63, 3.8) is 0 Å². The largest absolute Gasteiger partial charge is 0.394 e. The van der Waals surface area contributed by atoms with Gasteiger partial charge in [0, 0.05) is 0 Å². The number of rotatable bonds is 54. The molecule has 0 spiro atoms. The third-order valence-electron chi connectivity index (χ3n) is 15.1. The first kappa shape index (κ1) is 70.3. The molecule has 11 nitrogen and oxygen atoms in total. The van der Waals surface area contributed by atoms with Gasteiger partial charge in [0.15, 0.2) is 6.29 Å². The summed E-state index contributed by atoms with van der Waals surface area (Å²) in [7, 11) is 0. The summed E-state index contributed by atoms with van der Waals surface area (Å²) in [4.78, 5) is 13.2. The molecular formula is C63H119NO10. The number of carbonyl (C=O) groups is 1. The van der Waals surface area contributed by atoms with Crippen LogP contribution in [0, 0.1) is 0 Å². The lowest BCUT2D eigenvalue weighted by atomic mass is 9.98. The number of hydrogen-bond donors (Lipinski definition) is 8. The van der Waals surface area contributed by atoms with Crippen LogP contribution in [0.1, 0.15) is 290 Å². The Morgan fingerprint density at radius 2 is 0.811 bits per heavy atom. The van der Waals surface area contributed by atoms with Crippen LogP contribution in [0.25, 0.3) is 0 Å². The molecule has 11 heteroatoms. The zero-order valence-corrected chi connectivity index (χ0v) is 47.8. The normalized spacial score (nSPS) is 20.0. The van der Waals surface area contributed by atoms with Gasteiger partial charge in [0.1, 0.15) is 36.6 Å². The number of amides is 1. The van der Waals surface area contributed by atoms with Gasteiger partial charge in [0.25, 0.3) is 0 Å². The van der Waals surface area contributed by atoms with E-state index in [1.165, 1.54) is 205 Å². The van der Waals surface area contributed by atoms with Crippen molar-refractivity contribution in [2.24, 2.45) is 0 Å². The van der Waals surface area contributed by atoms with E-state index in [0.29, 0.717) is 19.3 Å². The Morgan fingerprint density at radius 1 is 0.459 bits per heavy atom. The number of aliphatic hydroxyl groups excluding tert-OH is 7. The monoisotopic (exact) mass is 1050 g/mol. The first-order chi connectivity index (χ1) is 36.2. The molecule has 1 fully saturated rings. The Balaban J connectivity index is 2.29. The fraction of sp³-hybridized carbons (Fsp3) is 0.889. The third-order valence-corrected chi connectivity index (χ3v) is 15.1. The van der Waals surface area contributed by atoms with Crippen molar-refractivity contribution in [1.29, 1.82) is 0 Å². The summed E-state index contributed by atoms with van der Waals surface area (Å²) in [5.74, 6) is -0.709. The maximum atomic E-state index is 13.2. The van der Waals surface area contributed by atoms with Crippen molar-refractivity contribution < 1.29 is 50.0 Å². The van der Waals surface area contributed by atoms with E-state index in [1.807, 2.05) is 0 Å². The highest BCUT2D eigenvalue weighted by Gasteiger charge is 2.44. The van der Waals surface area contributed by atoms with Gasteiger partial charge in [-0.1, -0.05) is 249 Å². The molecule has 1 saturated heterocycles. The number of carbonyl (C=O) groups excluding carboxylic acids is 1. The van der Waals surface area contributed by atoms with E-state index >= 15 is 0 Å². The molecule has 0 aliphatic carbocycles. The van der Waals surface area contributed by atoms with Crippen molar-refractivity contribution >= 4 is 5.91 Å². The first-order valence-corrected chi connectivity index (χ1v) is 31.4. The van der Waals surface area contributed by atoms with Gasteiger partial charge in [-0.3, -0.25) is 4.79 Å².